The minimum atomic E-state index is -0.0294. The molecule has 0 radical (unpaired) electrons. The maximum Gasteiger partial charge on any atom is 0.315 e. The summed E-state index contributed by atoms with van der Waals surface area (Å²) in [5, 5.41) is 6.01. The number of carbonyl (C=O) groups excluding carboxylic acids is 1. The molecule has 1 saturated heterocycles. The minimum Gasteiger partial charge on any atom is -0.379 e. The van der Waals surface area contributed by atoms with Gasteiger partial charge in [0.15, 0.2) is 0 Å². The first-order valence-corrected chi connectivity index (χ1v) is 6.20. The first-order chi connectivity index (χ1) is 7.55. The van der Waals surface area contributed by atoms with Gasteiger partial charge in [-0.2, -0.15) is 0 Å². The lowest BCUT2D eigenvalue weighted by Gasteiger charge is -2.19. The third-order valence-corrected chi connectivity index (χ3v) is 3.57. The average molecular weight is 226 g/mol. The van der Waals surface area contributed by atoms with Crippen molar-refractivity contribution >= 4 is 6.03 Å². The second kappa shape index (κ2) is 4.62. The minimum absolute atomic E-state index is 0.0294. The van der Waals surface area contributed by atoms with Crippen molar-refractivity contribution in [1.82, 2.24) is 10.6 Å². The molecule has 16 heavy (non-hydrogen) atoms. The van der Waals surface area contributed by atoms with E-state index < -0.39 is 0 Å². The molecular formula is C12H22N2O2. The van der Waals surface area contributed by atoms with E-state index in [0.29, 0.717) is 18.1 Å². The molecule has 2 amide bonds. The summed E-state index contributed by atoms with van der Waals surface area (Å²) in [6, 6.07) is 0.518. The van der Waals surface area contributed by atoms with Gasteiger partial charge >= 0.3 is 6.03 Å². The zero-order valence-electron chi connectivity index (χ0n) is 10.2. The normalized spacial score (nSPS) is 32.6. The van der Waals surface area contributed by atoms with Gasteiger partial charge in [-0.3, -0.25) is 0 Å². The predicted molar refractivity (Wildman–Crippen MR) is 62.3 cm³/mol. The van der Waals surface area contributed by atoms with Gasteiger partial charge < -0.3 is 15.4 Å². The van der Waals surface area contributed by atoms with Crippen molar-refractivity contribution in [2.24, 2.45) is 5.41 Å². The second-order valence-corrected chi connectivity index (χ2v) is 5.78. The Labute approximate surface area is 97.1 Å². The number of urea groups is 1. The zero-order chi connectivity index (χ0) is 11.6. The monoisotopic (exact) mass is 226 g/mol. The van der Waals surface area contributed by atoms with Crippen LogP contribution in [0.1, 0.15) is 39.5 Å². The highest BCUT2D eigenvalue weighted by molar-refractivity contribution is 5.74. The van der Waals surface area contributed by atoms with E-state index >= 15 is 0 Å². The van der Waals surface area contributed by atoms with E-state index in [1.165, 1.54) is 6.42 Å². The fraction of sp³-hybridized carbons (Fsp3) is 0.917. The van der Waals surface area contributed by atoms with Gasteiger partial charge in [-0.25, -0.2) is 4.79 Å². The first-order valence-electron chi connectivity index (χ1n) is 6.20. The van der Waals surface area contributed by atoms with Crippen LogP contribution in [-0.4, -0.2) is 31.3 Å². The summed E-state index contributed by atoms with van der Waals surface area (Å²) in [6.45, 7) is 5.94. The first kappa shape index (κ1) is 11.7. The summed E-state index contributed by atoms with van der Waals surface area (Å²) in [4.78, 5) is 11.7. The van der Waals surface area contributed by atoms with Crippen LogP contribution in [0.4, 0.5) is 4.79 Å². The molecule has 1 saturated carbocycles. The molecule has 2 N–H and O–H groups in total. The maximum absolute atomic E-state index is 11.7. The van der Waals surface area contributed by atoms with Gasteiger partial charge in [0.05, 0.1) is 12.6 Å². The zero-order valence-corrected chi connectivity index (χ0v) is 10.2. The topological polar surface area (TPSA) is 50.4 Å². The van der Waals surface area contributed by atoms with Crippen LogP contribution in [0.3, 0.4) is 0 Å². The van der Waals surface area contributed by atoms with Gasteiger partial charge in [0.2, 0.25) is 0 Å². The van der Waals surface area contributed by atoms with Crippen LogP contribution in [0.5, 0.6) is 0 Å². The summed E-state index contributed by atoms with van der Waals surface area (Å²) in [5.41, 5.74) is 0.383. The second-order valence-electron chi connectivity index (χ2n) is 5.78. The molecule has 1 aliphatic heterocycles. The van der Waals surface area contributed by atoms with Crippen LogP contribution in [0.15, 0.2) is 0 Å². The molecule has 0 spiro atoms. The van der Waals surface area contributed by atoms with Crippen LogP contribution < -0.4 is 10.6 Å². The highest BCUT2D eigenvalue weighted by atomic mass is 16.5. The smallest absolute Gasteiger partial charge is 0.315 e. The summed E-state index contributed by atoms with van der Waals surface area (Å²) >= 11 is 0. The number of nitrogens with one attached hydrogen (secondary N) is 2. The van der Waals surface area contributed by atoms with Crippen LogP contribution in [0, 0.1) is 5.41 Å². The van der Waals surface area contributed by atoms with Crippen LogP contribution in [0.2, 0.25) is 0 Å². The molecule has 2 fully saturated rings. The molecular weight excluding hydrogens is 204 g/mol. The molecule has 0 aromatic carbocycles. The summed E-state index contributed by atoms with van der Waals surface area (Å²) in [7, 11) is 0. The standard InChI is InChI=1S/C12H22N2O2/c1-12(2)5-3-9(7-12)13-11(15)14-10-4-6-16-8-10/h9-10H,3-8H2,1-2H3,(H2,13,14,15). The van der Waals surface area contributed by atoms with Crippen LogP contribution in [0.25, 0.3) is 0 Å². The Morgan fingerprint density at radius 3 is 2.56 bits per heavy atom. The maximum atomic E-state index is 11.7. The fourth-order valence-electron chi connectivity index (χ4n) is 2.62. The number of rotatable bonds is 2. The number of amides is 2. The summed E-state index contributed by atoms with van der Waals surface area (Å²) in [6.07, 6.45) is 4.32. The lowest BCUT2D eigenvalue weighted by atomic mass is 9.92. The van der Waals surface area contributed by atoms with Crippen LogP contribution in [-0.2, 0) is 4.74 Å². The molecule has 1 aliphatic carbocycles. The SMILES string of the molecule is CC1(C)CCC(NC(=O)NC2CCOC2)C1. The number of carbonyl (C=O) groups is 1. The molecule has 0 aromatic heterocycles. The van der Waals surface area contributed by atoms with E-state index in [0.717, 1.165) is 25.9 Å². The number of hydrogen-bond acceptors (Lipinski definition) is 2. The summed E-state index contributed by atoms with van der Waals surface area (Å²) in [5.74, 6) is 0. The number of ether oxygens (including phenoxy) is 1. The molecule has 4 nitrogen and oxygen atoms in total. The Morgan fingerprint density at radius 2 is 2.00 bits per heavy atom. The third-order valence-electron chi connectivity index (χ3n) is 3.57. The molecule has 2 aliphatic rings. The van der Waals surface area contributed by atoms with E-state index in [4.69, 9.17) is 4.74 Å². The molecule has 1 heterocycles. The van der Waals surface area contributed by atoms with Gasteiger partial charge in [-0.15, -0.1) is 0 Å². The highest BCUT2D eigenvalue weighted by Gasteiger charge is 2.32. The van der Waals surface area contributed by atoms with E-state index in [2.05, 4.69) is 24.5 Å². The Morgan fingerprint density at radius 1 is 1.25 bits per heavy atom. The van der Waals surface area contributed by atoms with E-state index in [-0.39, 0.29) is 12.1 Å². The molecule has 2 unspecified atom stereocenters. The Hall–Kier alpha value is -0.770. The van der Waals surface area contributed by atoms with Crippen molar-refractivity contribution in [1.29, 1.82) is 0 Å². The van der Waals surface area contributed by atoms with Gasteiger partial charge in [0.25, 0.3) is 0 Å². The molecule has 2 rings (SSSR count). The van der Waals surface area contributed by atoms with Crippen molar-refractivity contribution in [3.05, 3.63) is 0 Å². The average Bonchev–Trinajstić information content (AvgIpc) is 2.76. The predicted octanol–water partition coefficient (Wildman–Crippen LogP) is 1.65. The van der Waals surface area contributed by atoms with Crippen LogP contribution >= 0.6 is 0 Å². The van der Waals surface area contributed by atoms with E-state index in [1.54, 1.807) is 0 Å². The lowest BCUT2D eigenvalue weighted by molar-refractivity contribution is 0.188. The van der Waals surface area contributed by atoms with Gasteiger partial charge in [0.1, 0.15) is 0 Å². The van der Waals surface area contributed by atoms with Crippen molar-refractivity contribution in [2.75, 3.05) is 13.2 Å². The van der Waals surface area contributed by atoms with Crippen molar-refractivity contribution in [3.63, 3.8) is 0 Å². The van der Waals surface area contributed by atoms with E-state index in [9.17, 15) is 4.79 Å². The Bertz CT molecular complexity index is 260. The Balaban J connectivity index is 1.71. The molecule has 0 bridgehead atoms. The lowest BCUT2D eigenvalue weighted by Crippen LogP contribution is -2.46. The molecule has 92 valence electrons. The highest BCUT2D eigenvalue weighted by Crippen LogP contribution is 2.36. The van der Waals surface area contributed by atoms with E-state index in [1.807, 2.05) is 0 Å². The molecule has 0 aromatic rings. The fourth-order valence-corrected chi connectivity index (χ4v) is 2.62. The Kier molecular flexibility index (Phi) is 3.38. The quantitative estimate of drug-likeness (QED) is 0.752. The summed E-state index contributed by atoms with van der Waals surface area (Å²) < 4.78 is 5.22. The van der Waals surface area contributed by atoms with Crippen molar-refractivity contribution < 1.29 is 9.53 Å². The molecule has 2 atom stereocenters. The molecule has 4 heteroatoms. The third kappa shape index (κ3) is 3.11. The number of hydrogen-bond donors (Lipinski definition) is 2. The van der Waals surface area contributed by atoms with Gasteiger partial charge in [0, 0.05) is 12.6 Å². The largest absolute Gasteiger partial charge is 0.379 e. The van der Waals surface area contributed by atoms with Gasteiger partial charge in [-0.1, -0.05) is 13.8 Å². The van der Waals surface area contributed by atoms with Crippen molar-refractivity contribution in [2.45, 2.75) is 51.6 Å². The van der Waals surface area contributed by atoms with Gasteiger partial charge in [-0.05, 0) is 31.1 Å². The van der Waals surface area contributed by atoms with Crippen molar-refractivity contribution in [3.8, 4) is 0 Å².